The molecule has 0 amide bonds. The first-order chi connectivity index (χ1) is 6.27. The van der Waals surface area contributed by atoms with Crippen LogP contribution in [0.4, 0.5) is 0 Å². The fourth-order valence-corrected chi connectivity index (χ4v) is 1.13. The Morgan fingerprint density at radius 2 is 2.23 bits per heavy atom. The van der Waals surface area contributed by atoms with Crippen LogP contribution in [0.3, 0.4) is 0 Å². The quantitative estimate of drug-likeness (QED) is 0.767. The van der Waals surface area contributed by atoms with E-state index in [4.69, 9.17) is 9.84 Å². The van der Waals surface area contributed by atoms with Crippen LogP contribution in [0.1, 0.15) is 11.1 Å². The molecule has 1 aromatic carbocycles. The molecule has 0 bridgehead atoms. The number of aliphatic hydroxyl groups excluding tert-OH is 1. The van der Waals surface area contributed by atoms with Crippen molar-refractivity contribution in [1.82, 2.24) is 0 Å². The van der Waals surface area contributed by atoms with Crippen molar-refractivity contribution < 1.29 is 9.84 Å². The number of benzene rings is 1. The summed E-state index contributed by atoms with van der Waals surface area (Å²) in [7, 11) is 1.65. The summed E-state index contributed by atoms with van der Waals surface area (Å²) in [6.07, 6.45) is 3.56. The van der Waals surface area contributed by atoms with Gasteiger partial charge < -0.3 is 9.84 Å². The third-order valence-corrected chi connectivity index (χ3v) is 1.85. The first-order valence-corrected chi connectivity index (χ1v) is 4.20. The van der Waals surface area contributed by atoms with Crippen molar-refractivity contribution in [2.24, 2.45) is 0 Å². The molecule has 0 aliphatic rings. The number of hydrogen-bond acceptors (Lipinski definition) is 2. The van der Waals surface area contributed by atoms with E-state index in [9.17, 15) is 0 Å². The van der Waals surface area contributed by atoms with Crippen LogP contribution in [0.5, 0.6) is 5.75 Å². The van der Waals surface area contributed by atoms with E-state index in [2.05, 4.69) is 0 Å². The van der Waals surface area contributed by atoms with Gasteiger partial charge in [-0.15, -0.1) is 0 Å². The number of rotatable bonds is 3. The molecule has 0 saturated carbocycles. The van der Waals surface area contributed by atoms with Crippen LogP contribution >= 0.6 is 0 Å². The van der Waals surface area contributed by atoms with Crippen LogP contribution in [-0.2, 0) is 0 Å². The maximum Gasteiger partial charge on any atom is 0.122 e. The summed E-state index contributed by atoms with van der Waals surface area (Å²) >= 11 is 0. The third-order valence-electron chi connectivity index (χ3n) is 1.85. The minimum absolute atomic E-state index is 0.0657. The average Bonchev–Trinajstić information content (AvgIpc) is 2.16. The SMILES string of the molecule is COc1cc(/C=C/CO)ccc1C. The Morgan fingerprint density at radius 1 is 1.46 bits per heavy atom. The van der Waals surface area contributed by atoms with Gasteiger partial charge in [0.25, 0.3) is 0 Å². The van der Waals surface area contributed by atoms with Gasteiger partial charge in [0.05, 0.1) is 13.7 Å². The van der Waals surface area contributed by atoms with Crippen LogP contribution < -0.4 is 4.74 Å². The van der Waals surface area contributed by atoms with Crippen LogP contribution in [-0.4, -0.2) is 18.8 Å². The number of hydrogen-bond donors (Lipinski definition) is 1. The molecule has 13 heavy (non-hydrogen) atoms. The highest BCUT2D eigenvalue weighted by Crippen LogP contribution is 2.19. The molecule has 0 spiro atoms. The van der Waals surface area contributed by atoms with Crippen LogP contribution in [0.2, 0.25) is 0 Å². The minimum Gasteiger partial charge on any atom is -0.496 e. The highest BCUT2D eigenvalue weighted by atomic mass is 16.5. The molecule has 0 saturated heterocycles. The third kappa shape index (κ3) is 2.60. The number of ether oxygens (including phenoxy) is 1. The van der Waals surface area contributed by atoms with Crippen molar-refractivity contribution in [1.29, 1.82) is 0 Å². The van der Waals surface area contributed by atoms with E-state index < -0.39 is 0 Å². The monoisotopic (exact) mass is 178 g/mol. The van der Waals surface area contributed by atoms with Crippen molar-refractivity contribution in [3.63, 3.8) is 0 Å². The maximum absolute atomic E-state index is 8.59. The fraction of sp³-hybridized carbons (Fsp3) is 0.273. The van der Waals surface area contributed by atoms with Crippen molar-refractivity contribution in [3.8, 4) is 5.75 Å². The molecule has 70 valence electrons. The number of aryl methyl sites for hydroxylation is 1. The van der Waals surface area contributed by atoms with E-state index in [1.807, 2.05) is 31.2 Å². The van der Waals surface area contributed by atoms with Gasteiger partial charge in [-0.25, -0.2) is 0 Å². The Morgan fingerprint density at radius 3 is 2.85 bits per heavy atom. The van der Waals surface area contributed by atoms with Crippen LogP contribution in [0, 0.1) is 6.92 Å². The van der Waals surface area contributed by atoms with Gasteiger partial charge in [-0.2, -0.15) is 0 Å². The molecule has 0 radical (unpaired) electrons. The predicted molar refractivity (Wildman–Crippen MR) is 53.9 cm³/mol. The molecule has 0 unspecified atom stereocenters. The summed E-state index contributed by atoms with van der Waals surface area (Å²) < 4.78 is 5.17. The van der Waals surface area contributed by atoms with Gasteiger partial charge in [-0.3, -0.25) is 0 Å². The zero-order valence-electron chi connectivity index (χ0n) is 7.95. The minimum atomic E-state index is 0.0657. The van der Waals surface area contributed by atoms with E-state index >= 15 is 0 Å². The molecule has 2 nitrogen and oxygen atoms in total. The van der Waals surface area contributed by atoms with Gasteiger partial charge in [0.15, 0.2) is 0 Å². The summed E-state index contributed by atoms with van der Waals surface area (Å²) in [6.45, 7) is 2.06. The summed E-state index contributed by atoms with van der Waals surface area (Å²) in [4.78, 5) is 0. The molecular weight excluding hydrogens is 164 g/mol. The van der Waals surface area contributed by atoms with Crippen molar-refractivity contribution in [2.75, 3.05) is 13.7 Å². The first-order valence-electron chi connectivity index (χ1n) is 4.20. The first kappa shape index (κ1) is 9.81. The lowest BCUT2D eigenvalue weighted by molar-refractivity contribution is 0.343. The molecule has 2 heteroatoms. The lowest BCUT2D eigenvalue weighted by Gasteiger charge is -2.04. The van der Waals surface area contributed by atoms with Gasteiger partial charge in [0, 0.05) is 0 Å². The topological polar surface area (TPSA) is 29.5 Å². The molecule has 0 fully saturated rings. The summed E-state index contributed by atoms with van der Waals surface area (Å²) in [6, 6.07) is 5.93. The molecule has 1 rings (SSSR count). The second-order valence-electron chi connectivity index (χ2n) is 2.81. The highest BCUT2D eigenvalue weighted by molar-refractivity contribution is 5.53. The fourth-order valence-electron chi connectivity index (χ4n) is 1.13. The largest absolute Gasteiger partial charge is 0.496 e. The molecule has 0 atom stereocenters. The molecular formula is C11H14O2. The Labute approximate surface area is 78.5 Å². The normalized spacial score (nSPS) is 10.7. The highest BCUT2D eigenvalue weighted by Gasteiger charge is 1.96. The Bertz CT molecular complexity index is 303. The standard InChI is InChI=1S/C11H14O2/c1-9-5-6-10(4-3-7-12)8-11(9)13-2/h3-6,8,12H,7H2,1-2H3/b4-3+. The smallest absolute Gasteiger partial charge is 0.122 e. The second kappa shape index (κ2) is 4.67. The molecule has 0 aliphatic heterocycles. The molecule has 1 N–H and O–H groups in total. The lowest BCUT2D eigenvalue weighted by Crippen LogP contribution is -1.87. The molecule has 0 aromatic heterocycles. The summed E-state index contributed by atoms with van der Waals surface area (Å²) in [5, 5.41) is 8.59. The Balaban J connectivity index is 2.92. The van der Waals surface area contributed by atoms with E-state index in [0.29, 0.717) is 0 Å². The van der Waals surface area contributed by atoms with Crippen LogP contribution in [0.15, 0.2) is 24.3 Å². The van der Waals surface area contributed by atoms with Crippen molar-refractivity contribution in [3.05, 3.63) is 35.4 Å². The van der Waals surface area contributed by atoms with Crippen LogP contribution in [0.25, 0.3) is 6.08 Å². The van der Waals surface area contributed by atoms with E-state index in [1.54, 1.807) is 13.2 Å². The van der Waals surface area contributed by atoms with Crippen molar-refractivity contribution in [2.45, 2.75) is 6.92 Å². The Kier molecular flexibility index (Phi) is 3.53. The zero-order chi connectivity index (χ0) is 9.68. The summed E-state index contributed by atoms with van der Waals surface area (Å²) in [5.74, 6) is 0.875. The van der Waals surface area contributed by atoms with Gasteiger partial charge in [-0.05, 0) is 24.1 Å². The molecule has 0 heterocycles. The number of aliphatic hydroxyl groups is 1. The maximum atomic E-state index is 8.59. The zero-order valence-corrected chi connectivity index (χ0v) is 7.95. The van der Waals surface area contributed by atoms with Gasteiger partial charge in [0.1, 0.15) is 5.75 Å². The summed E-state index contributed by atoms with van der Waals surface area (Å²) in [5.41, 5.74) is 2.15. The Hall–Kier alpha value is -1.28. The van der Waals surface area contributed by atoms with E-state index in [0.717, 1.165) is 16.9 Å². The second-order valence-corrected chi connectivity index (χ2v) is 2.81. The lowest BCUT2D eigenvalue weighted by atomic mass is 10.1. The van der Waals surface area contributed by atoms with E-state index in [-0.39, 0.29) is 6.61 Å². The van der Waals surface area contributed by atoms with Crippen molar-refractivity contribution >= 4 is 6.08 Å². The van der Waals surface area contributed by atoms with E-state index in [1.165, 1.54) is 0 Å². The number of methoxy groups -OCH3 is 1. The van der Waals surface area contributed by atoms with Gasteiger partial charge in [-0.1, -0.05) is 24.3 Å². The molecule has 0 aliphatic carbocycles. The van der Waals surface area contributed by atoms with Gasteiger partial charge >= 0.3 is 0 Å². The van der Waals surface area contributed by atoms with Gasteiger partial charge in [0.2, 0.25) is 0 Å². The predicted octanol–water partition coefficient (Wildman–Crippen LogP) is 2.01. The molecule has 1 aromatic rings. The average molecular weight is 178 g/mol.